The van der Waals surface area contributed by atoms with Crippen LogP contribution in [-0.4, -0.2) is 47.6 Å². The minimum absolute atomic E-state index is 0.0963. The van der Waals surface area contributed by atoms with Gasteiger partial charge in [0.05, 0.1) is 12.1 Å². The summed E-state index contributed by atoms with van der Waals surface area (Å²) in [5, 5.41) is 3.30. The SMILES string of the molecule is CSc1nc(NCC(=O)Cc2cccc(C(F)(F)F)c2)nc(N(C)C)n1. The van der Waals surface area contributed by atoms with E-state index in [2.05, 4.69) is 20.3 Å². The molecule has 1 aromatic heterocycles. The summed E-state index contributed by atoms with van der Waals surface area (Å²) in [6.07, 6.45) is -2.73. The zero-order valence-corrected chi connectivity index (χ0v) is 15.3. The quantitative estimate of drug-likeness (QED) is 0.735. The van der Waals surface area contributed by atoms with E-state index in [1.54, 1.807) is 19.0 Å². The maximum absolute atomic E-state index is 12.7. The lowest BCUT2D eigenvalue weighted by atomic mass is 10.1. The molecule has 0 saturated heterocycles. The number of nitrogens with zero attached hydrogens (tertiary/aromatic N) is 4. The van der Waals surface area contributed by atoms with Crippen molar-refractivity contribution in [1.82, 2.24) is 15.0 Å². The third-order valence-corrected chi connectivity index (χ3v) is 3.83. The number of hydrogen-bond acceptors (Lipinski definition) is 7. The van der Waals surface area contributed by atoms with Crippen LogP contribution in [0.3, 0.4) is 0 Å². The van der Waals surface area contributed by atoms with Crippen LogP contribution in [0.25, 0.3) is 0 Å². The van der Waals surface area contributed by atoms with Crippen molar-refractivity contribution in [2.24, 2.45) is 0 Å². The van der Waals surface area contributed by atoms with E-state index in [1.807, 2.05) is 6.26 Å². The summed E-state index contributed by atoms with van der Waals surface area (Å²) in [5.41, 5.74) is -0.463. The summed E-state index contributed by atoms with van der Waals surface area (Å²) in [7, 11) is 3.56. The minimum Gasteiger partial charge on any atom is -0.347 e. The van der Waals surface area contributed by atoms with E-state index in [-0.39, 0.29) is 24.7 Å². The summed E-state index contributed by atoms with van der Waals surface area (Å²) in [6, 6.07) is 4.74. The van der Waals surface area contributed by atoms with Gasteiger partial charge in [-0.3, -0.25) is 4.79 Å². The highest BCUT2D eigenvalue weighted by Gasteiger charge is 2.30. The predicted molar refractivity (Wildman–Crippen MR) is 94.6 cm³/mol. The summed E-state index contributed by atoms with van der Waals surface area (Å²) in [4.78, 5) is 26.4. The number of carbonyl (C=O) groups excluding carboxylic acids is 1. The Morgan fingerprint density at radius 2 is 1.96 bits per heavy atom. The van der Waals surface area contributed by atoms with Gasteiger partial charge in [-0.05, 0) is 17.9 Å². The van der Waals surface area contributed by atoms with Crippen LogP contribution in [0.5, 0.6) is 0 Å². The van der Waals surface area contributed by atoms with E-state index < -0.39 is 11.7 Å². The standard InChI is InChI=1S/C16H18F3N5OS/c1-24(2)14-21-13(22-15(23-14)26-3)20-9-12(25)8-10-5-4-6-11(7-10)16(17,18)19/h4-7H,8-9H2,1-3H3,(H,20,21,22,23). The Morgan fingerprint density at radius 1 is 1.23 bits per heavy atom. The minimum atomic E-state index is -4.43. The first kappa shape index (κ1) is 20.0. The van der Waals surface area contributed by atoms with Crippen molar-refractivity contribution < 1.29 is 18.0 Å². The smallest absolute Gasteiger partial charge is 0.347 e. The number of halogens is 3. The molecule has 0 radical (unpaired) electrons. The second kappa shape index (κ2) is 8.35. The molecule has 0 saturated carbocycles. The van der Waals surface area contributed by atoms with Gasteiger partial charge in [0.25, 0.3) is 0 Å². The maximum Gasteiger partial charge on any atom is 0.416 e. The summed E-state index contributed by atoms with van der Waals surface area (Å²) >= 11 is 1.33. The van der Waals surface area contributed by atoms with Crippen LogP contribution in [0.4, 0.5) is 25.1 Å². The summed E-state index contributed by atoms with van der Waals surface area (Å²) in [5.74, 6) is 0.407. The molecule has 1 N–H and O–H groups in total. The van der Waals surface area contributed by atoms with Gasteiger partial charge in [0.1, 0.15) is 0 Å². The van der Waals surface area contributed by atoms with Crippen LogP contribution >= 0.6 is 11.8 Å². The number of Topliss-reactive ketones (excluding diaryl/α,β-unsaturated/α-hetero) is 1. The van der Waals surface area contributed by atoms with Crippen molar-refractivity contribution in [2.45, 2.75) is 17.8 Å². The van der Waals surface area contributed by atoms with Gasteiger partial charge in [-0.1, -0.05) is 30.0 Å². The van der Waals surface area contributed by atoms with Crippen molar-refractivity contribution in [1.29, 1.82) is 0 Å². The monoisotopic (exact) mass is 385 g/mol. The molecule has 0 aliphatic heterocycles. The lowest BCUT2D eigenvalue weighted by Gasteiger charge is -2.12. The highest BCUT2D eigenvalue weighted by atomic mass is 32.2. The Balaban J connectivity index is 2.02. The number of nitrogens with one attached hydrogen (secondary N) is 1. The number of anilines is 2. The Labute approximate surface area is 153 Å². The molecule has 0 spiro atoms. The number of ketones is 1. The normalized spacial score (nSPS) is 11.3. The summed E-state index contributed by atoms with van der Waals surface area (Å²) < 4.78 is 38.2. The number of thioether (sulfide) groups is 1. The van der Waals surface area contributed by atoms with Crippen LogP contribution in [0, 0.1) is 0 Å². The number of hydrogen-bond donors (Lipinski definition) is 1. The molecule has 0 aliphatic rings. The lowest BCUT2D eigenvalue weighted by Crippen LogP contribution is -2.20. The Bertz CT molecular complexity index is 783. The molecule has 10 heteroatoms. The molecule has 2 aromatic rings. The van der Waals surface area contributed by atoms with Crippen LogP contribution in [0.2, 0.25) is 0 Å². The van der Waals surface area contributed by atoms with Crippen LogP contribution in [-0.2, 0) is 17.4 Å². The predicted octanol–water partition coefficient (Wildman–Crippen LogP) is 2.90. The Hall–Kier alpha value is -2.36. The molecular weight excluding hydrogens is 367 g/mol. The fraction of sp³-hybridized carbons (Fsp3) is 0.375. The molecular formula is C16H18F3N5OS. The van der Waals surface area contributed by atoms with Gasteiger partial charge in [-0.25, -0.2) is 0 Å². The molecule has 0 atom stereocenters. The van der Waals surface area contributed by atoms with Gasteiger partial charge in [0, 0.05) is 20.5 Å². The molecule has 1 aromatic carbocycles. The van der Waals surface area contributed by atoms with E-state index in [0.29, 0.717) is 16.7 Å². The molecule has 0 bridgehead atoms. The first-order valence-corrected chi connectivity index (χ1v) is 8.80. The van der Waals surface area contributed by atoms with E-state index in [1.165, 1.54) is 23.9 Å². The molecule has 140 valence electrons. The van der Waals surface area contributed by atoms with E-state index in [4.69, 9.17) is 0 Å². The third-order valence-electron chi connectivity index (χ3n) is 3.28. The van der Waals surface area contributed by atoms with E-state index in [0.717, 1.165) is 12.1 Å². The fourth-order valence-electron chi connectivity index (χ4n) is 2.04. The average Bonchev–Trinajstić information content (AvgIpc) is 2.59. The number of aromatic nitrogens is 3. The van der Waals surface area contributed by atoms with Gasteiger partial charge in [-0.15, -0.1) is 0 Å². The molecule has 0 fully saturated rings. The molecule has 1 heterocycles. The van der Waals surface area contributed by atoms with Crippen molar-refractivity contribution in [3.63, 3.8) is 0 Å². The zero-order chi connectivity index (χ0) is 19.3. The van der Waals surface area contributed by atoms with Gasteiger partial charge >= 0.3 is 6.18 Å². The highest BCUT2D eigenvalue weighted by Crippen LogP contribution is 2.29. The van der Waals surface area contributed by atoms with Crippen molar-refractivity contribution in [3.05, 3.63) is 35.4 Å². The second-order valence-electron chi connectivity index (χ2n) is 5.61. The van der Waals surface area contributed by atoms with Crippen molar-refractivity contribution in [2.75, 3.05) is 37.1 Å². The highest BCUT2D eigenvalue weighted by molar-refractivity contribution is 7.98. The van der Waals surface area contributed by atoms with Crippen molar-refractivity contribution in [3.8, 4) is 0 Å². The van der Waals surface area contributed by atoms with Crippen LogP contribution in [0.15, 0.2) is 29.4 Å². The van der Waals surface area contributed by atoms with E-state index >= 15 is 0 Å². The summed E-state index contributed by atoms with van der Waals surface area (Å²) in [6.45, 7) is -0.0963. The first-order valence-electron chi connectivity index (χ1n) is 7.58. The zero-order valence-electron chi connectivity index (χ0n) is 14.5. The first-order chi connectivity index (χ1) is 12.2. The third kappa shape index (κ3) is 5.58. The van der Waals surface area contributed by atoms with Gasteiger partial charge in [0.15, 0.2) is 10.9 Å². The fourth-order valence-corrected chi connectivity index (χ4v) is 2.39. The largest absolute Gasteiger partial charge is 0.416 e. The Morgan fingerprint density at radius 3 is 2.58 bits per heavy atom. The van der Waals surface area contributed by atoms with Gasteiger partial charge in [0.2, 0.25) is 11.9 Å². The molecule has 0 unspecified atom stereocenters. The lowest BCUT2D eigenvalue weighted by molar-refractivity contribution is -0.137. The number of benzene rings is 1. The van der Waals surface area contributed by atoms with Gasteiger partial charge < -0.3 is 10.2 Å². The van der Waals surface area contributed by atoms with Crippen molar-refractivity contribution >= 4 is 29.4 Å². The second-order valence-corrected chi connectivity index (χ2v) is 6.38. The maximum atomic E-state index is 12.7. The molecule has 6 nitrogen and oxygen atoms in total. The number of rotatable bonds is 7. The molecule has 2 rings (SSSR count). The molecule has 26 heavy (non-hydrogen) atoms. The topological polar surface area (TPSA) is 71.0 Å². The number of carbonyl (C=O) groups is 1. The molecule has 0 aliphatic carbocycles. The Kier molecular flexibility index (Phi) is 6.41. The van der Waals surface area contributed by atoms with Gasteiger partial charge in [-0.2, -0.15) is 28.1 Å². The number of alkyl halides is 3. The van der Waals surface area contributed by atoms with E-state index in [9.17, 15) is 18.0 Å². The van der Waals surface area contributed by atoms with Crippen LogP contribution in [0.1, 0.15) is 11.1 Å². The average molecular weight is 385 g/mol. The van der Waals surface area contributed by atoms with Crippen LogP contribution < -0.4 is 10.2 Å². The molecule has 0 amide bonds.